The molecule has 0 unspecified atom stereocenters. The van der Waals surface area contributed by atoms with Crippen molar-refractivity contribution in [1.82, 2.24) is 4.90 Å². The molecular weight excluding hydrogens is 242 g/mol. The normalized spacial score (nSPS) is 16.3. The molecule has 1 fully saturated rings. The largest absolute Gasteiger partial charge is 0.496 e. The van der Waals surface area contributed by atoms with Crippen LogP contribution in [0.25, 0.3) is 0 Å². The summed E-state index contributed by atoms with van der Waals surface area (Å²) in [5, 5.41) is 0. The second-order valence-electron chi connectivity index (χ2n) is 5.01. The lowest BCUT2D eigenvalue weighted by Gasteiger charge is -2.31. The number of benzene rings is 1. The SMILES string of the molecule is COc1cccc(OC)c1C(=O)N1CCC(C)CC1. The first kappa shape index (κ1) is 13.7. The summed E-state index contributed by atoms with van der Waals surface area (Å²) in [5.74, 6) is 1.84. The topological polar surface area (TPSA) is 38.8 Å². The predicted octanol–water partition coefficient (Wildman–Crippen LogP) is 2.58. The number of methoxy groups -OCH3 is 2. The Balaban J connectivity index is 2.27. The first-order valence-corrected chi connectivity index (χ1v) is 6.67. The summed E-state index contributed by atoms with van der Waals surface area (Å²) in [6.45, 7) is 3.84. The van der Waals surface area contributed by atoms with Gasteiger partial charge in [-0.2, -0.15) is 0 Å². The molecule has 0 aliphatic carbocycles. The van der Waals surface area contributed by atoms with Crippen LogP contribution in [0, 0.1) is 5.92 Å². The average molecular weight is 263 g/mol. The Kier molecular flexibility index (Phi) is 4.30. The van der Waals surface area contributed by atoms with E-state index < -0.39 is 0 Å². The summed E-state index contributed by atoms with van der Waals surface area (Å²) < 4.78 is 10.6. The third-order valence-electron chi connectivity index (χ3n) is 3.71. The second-order valence-corrected chi connectivity index (χ2v) is 5.01. The highest BCUT2D eigenvalue weighted by Gasteiger charge is 2.26. The summed E-state index contributed by atoms with van der Waals surface area (Å²) in [4.78, 5) is 14.5. The fraction of sp³-hybridized carbons (Fsp3) is 0.533. The molecule has 0 aromatic heterocycles. The molecule has 1 aromatic carbocycles. The number of rotatable bonds is 3. The Bertz CT molecular complexity index is 428. The maximum atomic E-state index is 12.6. The van der Waals surface area contributed by atoms with Crippen LogP contribution in [0.3, 0.4) is 0 Å². The fourth-order valence-corrected chi connectivity index (χ4v) is 2.43. The van der Waals surface area contributed by atoms with Gasteiger partial charge in [0.1, 0.15) is 17.1 Å². The summed E-state index contributed by atoms with van der Waals surface area (Å²) in [6.07, 6.45) is 2.12. The molecule has 0 atom stereocenters. The van der Waals surface area contributed by atoms with Gasteiger partial charge < -0.3 is 14.4 Å². The van der Waals surface area contributed by atoms with Crippen molar-refractivity contribution in [3.63, 3.8) is 0 Å². The van der Waals surface area contributed by atoms with Crippen LogP contribution in [-0.4, -0.2) is 38.1 Å². The molecule has 0 saturated carbocycles. The maximum Gasteiger partial charge on any atom is 0.261 e. The van der Waals surface area contributed by atoms with E-state index in [9.17, 15) is 4.79 Å². The van der Waals surface area contributed by atoms with E-state index in [-0.39, 0.29) is 5.91 Å². The van der Waals surface area contributed by atoms with E-state index in [4.69, 9.17) is 9.47 Å². The molecule has 104 valence electrons. The van der Waals surface area contributed by atoms with Crippen molar-refractivity contribution in [3.05, 3.63) is 23.8 Å². The summed E-state index contributed by atoms with van der Waals surface area (Å²) in [5.41, 5.74) is 0.530. The highest BCUT2D eigenvalue weighted by molar-refractivity contribution is 5.99. The van der Waals surface area contributed by atoms with E-state index in [0.717, 1.165) is 25.9 Å². The van der Waals surface area contributed by atoms with Crippen molar-refractivity contribution in [2.75, 3.05) is 27.3 Å². The molecule has 1 heterocycles. The van der Waals surface area contributed by atoms with Gasteiger partial charge in [0.05, 0.1) is 14.2 Å². The van der Waals surface area contributed by atoms with Crippen LogP contribution in [-0.2, 0) is 0 Å². The van der Waals surface area contributed by atoms with Gasteiger partial charge in [0, 0.05) is 13.1 Å². The highest BCUT2D eigenvalue weighted by Crippen LogP contribution is 2.30. The first-order chi connectivity index (χ1) is 9.17. The number of hydrogen-bond donors (Lipinski definition) is 0. The zero-order valence-electron chi connectivity index (χ0n) is 11.8. The number of ether oxygens (including phenoxy) is 2. The van der Waals surface area contributed by atoms with Gasteiger partial charge in [0.25, 0.3) is 5.91 Å². The molecule has 0 radical (unpaired) electrons. The smallest absolute Gasteiger partial charge is 0.261 e. The Morgan fingerprint density at radius 3 is 2.16 bits per heavy atom. The van der Waals surface area contributed by atoms with Gasteiger partial charge in [0.2, 0.25) is 0 Å². The number of nitrogens with zero attached hydrogens (tertiary/aromatic N) is 1. The fourth-order valence-electron chi connectivity index (χ4n) is 2.43. The van der Waals surface area contributed by atoms with E-state index >= 15 is 0 Å². The van der Waals surface area contributed by atoms with Crippen molar-refractivity contribution in [2.24, 2.45) is 5.92 Å². The van der Waals surface area contributed by atoms with Gasteiger partial charge in [0.15, 0.2) is 0 Å². The van der Waals surface area contributed by atoms with Gasteiger partial charge in [-0.15, -0.1) is 0 Å². The standard InChI is InChI=1S/C15H21NO3/c1-11-7-9-16(10-8-11)15(17)14-12(18-2)5-4-6-13(14)19-3/h4-6,11H,7-10H2,1-3H3. The third kappa shape index (κ3) is 2.83. The number of piperidine rings is 1. The van der Waals surface area contributed by atoms with Gasteiger partial charge >= 0.3 is 0 Å². The number of likely N-dealkylation sites (tertiary alicyclic amines) is 1. The Morgan fingerprint density at radius 2 is 1.68 bits per heavy atom. The van der Waals surface area contributed by atoms with Crippen molar-refractivity contribution in [1.29, 1.82) is 0 Å². The Labute approximate surface area is 114 Å². The average Bonchev–Trinajstić information content (AvgIpc) is 2.46. The highest BCUT2D eigenvalue weighted by atomic mass is 16.5. The van der Waals surface area contributed by atoms with E-state index in [0.29, 0.717) is 23.0 Å². The summed E-state index contributed by atoms with van der Waals surface area (Å²) in [6, 6.07) is 5.41. The lowest BCUT2D eigenvalue weighted by Crippen LogP contribution is -2.38. The zero-order valence-corrected chi connectivity index (χ0v) is 11.8. The predicted molar refractivity (Wildman–Crippen MR) is 73.8 cm³/mol. The number of hydrogen-bond acceptors (Lipinski definition) is 3. The van der Waals surface area contributed by atoms with Gasteiger partial charge in [-0.25, -0.2) is 0 Å². The maximum absolute atomic E-state index is 12.6. The monoisotopic (exact) mass is 263 g/mol. The van der Waals surface area contributed by atoms with E-state index in [2.05, 4.69) is 6.92 Å². The van der Waals surface area contributed by atoms with E-state index in [1.54, 1.807) is 26.4 Å². The zero-order chi connectivity index (χ0) is 13.8. The Morgan fingerprint density at radius 1 is 1.16 bits per heavy atom. The molecule has 1 aromatic rings. The molecule has 0 N–H and O–H groups in total. The quantitative estimate of drug-likeness (QED) is 0.841. The van der Waals surface area contributed by atoms with Crippen molar-refractivity contribution in [3.8, 4) is 11.5 Å². The number of carbonyl (C=O) groups excluding carboxylic acids is 1. The van der Waals surface area contributed by atoms with Crippen LogP contribution in [0.15, 0.2) is 18.2 Å². The van der Waals surface area contributed by atoms with E-state index in [1.165, 1.54) is 0 Å². The molecule has 19 heavy (non-hydrogen) atoms. The van der Waals surface area contributed by atoms with Crippen LogP contribution in [0.5, 0.6) is 11.5 Å². The molecule has 1 amide bonds. The molecule has 1 aliphatic rings. The molecule has 4 nitrogen and oxygen atoms in total. The number of amides is 1. The van der Waals surface area contributed by atoms with Crippen LogP contribution < -0.4 is 9.47 Å². The minimum absolute atomic E-state index is 0.00111. The van der Waals surface area contributed by atoms with Crippen LogP contribution in [0.2, 0.25) is 0 Å². The van der Waals surface area contributed by atoms with Crippen LogP contribution in [0.4, 0.5) is 0 Å². The second kappa shape index (κ2) is 5.95. The van der Waals surface area contributed by atoms with Gasteiger partial charge in [-0.05, 0) is 30.9 Å². The van der Waals surface area contributed by atoms with Crippen molar-refractivity contribution < 1.29 is 14.3 Å². The van der Waals surface area contributed by atoms with Crippen molar-refractivity contribution in [2.45, 2.75) is 19.8 Å². The molecule has 1 saturated heterocycles. The molecule has 1 aliphatic heterocycles. The molecule has 0 bridgehead atoms. The lowest BCUT2D eigenvalue weighted by atomic mass is 9.98. The summed E-state index contributed by atoms with van der Waals surface area (Å²) >= 11 is 0. The van der Waals surface area contributed by atoms with E-state index in [1.807, 2.05) is 11.0 Å². The minimum Gasteiger partial charge on any atom is -0.496 e. The van der Waals surface area contributed by atoms with Crippen LogP contribution in [0.1, 0.15) is 30.1 Å². The van der Waals surface area contributed by atoms with Crippen molar-refractivity contribution >= 4 is 5.91 Å². The molecule has 2 rings (SSSR count). The van der Waals surface area contributed by atoms with Crippen LogP contribution >= 0.6 is 0 Å². The van der Waals surface area contributed by atoms with Gasteiger partial charge in [-0.1, -0.05) is 13.0 Å². The third-order valence-corrected chi connectivity index (χ3v) is 3.71. The number of carbonyl (C=O) groups is 1. The lowest BCUT2D eigenvalue weighted by molar-refractivity contribution is 0.0690. The van der Waals surface area contributed by atoms with Gasteiger partial charge in [-0.3, -0.25) is 4.79 Å². The summed E-state index contributed by atoms with van der Waals surface area (Å²) in [7, 11) is 3.15. The Hall–Kier alpha value is -1.71. The first-order valence-electron chi connectivity index (χ1n) is 6.67. The minimum atomic E-state index is 0.00111. The molecule has 0 spiro atoms. The molecule has 4 heteroatoms. The molecular formula is C15H21NO3.